The van der Waals surface area contributed by atoms with Gasteiger partial charge in [-0.3, -0.25) is 0 Å². The molecule has 0 amide bonds. The Bertz CT molecular complexity index is 1190. The molecule has 1 aliphatic rings. The number of sulfonamides is 1. The van der Waals surface area contributed by atoms with E-state index < -0.39 is 22.0 Å². The molecule has 1 saturated heterocycles. The number of hydrogen-bond donors (Lipinski definition) is 0. The van der Waals surface area contributed by atoms with Crippen molar-refractivity contribution in [1.82, 2.24) is 9.46 Å². The number of alkyl halides is 3. The van der Waals surface area contributed by atoms with Gasteiger partial charge in [0.25, 0.3) is 10.0 Å². The summed E-state index contributed by atoms with van der Waals surface area (Å²) in [7, 11) is -3.94. The van der Waals surface area contributed by atoms with E-state index in [-0.39, 0.29) is 29.6 Å². The second-order valence-electron chi connectivity index (χ2n) is 7.30. The van der Waals surface area contributed by atoms with Crippen LogP contribution < -0.4 is 4.90 Å². The zero-order valence-electron chi connectivity index (χ0n) is 16.8. The summed E-state index contributed by atoms with van der Waals surface area (Å²) in [5, 5.41) is 2.97. The van der Waals surface area contributed by atoms with Crippen LogP contribution in [0.1, 0.15) is 16.9 Å². The zero-order chi connectivity index (χ0) is 22.4. The molecule has 1 aliphatic heterocycles. The highest BCUT2D eigenvalue weighted by Gasteiger charge is 2.37. The average Bonchev–Trinajstić information content (AvgIpc) is 3.40. The van der Waals surface area contributed by atoms with Crippen molar-refractivity contribution in [3.63, 3.8) is 0 Å². The molecule has 31 heavy (non-hydrogen) atoms. The van der Waals surface area contributed by atoms with E-state index in [0.717, 1.165) is 16.8 Å². The SMILES string of the molecule is Cc1cccc(N2CCN(S(=O)(=O)c3ccc(-c4cc(C(F)(F)F)on4)o3)CC2)c1C. The van der Waals surface area contributed by atoms with E-state index in [1.54, 1.807) is 0 Å². The number of halogens is 3. The summed E-state index contributed by atoms with van der Waals surface area (Å²) in [5.41, 5.74) is 3.16. The van der Waals surface area contributed by atoms with E-state index in [2.05, 4.69) is 14.6 Å². The minimum absolute atomic E-state index is 0.119. The first kappa shape index (κ1) is 21.4. The Morgan fingerprint density at radius 2 is 1.74 bits per heavy atom. The van der Waals surface area contributed by atoms with E-state index in [1.807, 2.05) is 32.0 Å². The van der Waals surface area contributed by atoms with E-state index >= 15 is 0 Å². The summed E-state index contributed by atoms with van der Waals surface area (Å²) in [6.07, 6.45) is -4.69. The quantitative estimate of drug-likeness (QED) is 0.590. The lowest BCUT2D eigenvalue weighted by Crippen LogP contribution is -2.48. The smallest absolute Gasteiger partial charge is 0.441 e. The molecular weight excluding hydrogens is 435 g/mol. The summed E-state index contributed by atoms with van der Waals surface area (Å²) in [4.78, 5) is 2.13. The lowest BCUT2D eigenvalue weighted by Gasteiger charge is -2.35. The van der Waals surface area contributed by atoms with Gasteiger partial charge < -0.3 is 13.8 Å². The van der Waals surface area contributed by atoms with E-state index in [1.165, 1.54) is 16.4 Å². The third-order valence-electron chi connectivity index (χ3n) is 5.37. The lowest BCUT2D eigenvalue weighted by atomic mass is 10.1. The molecule has 0 radical (unpaired) electrons. The first-order chi connectivity index (χ1) is 14.6. The third kappa shape index (κ3) is 4.07. The van der Waals surface area contributed by atoms with Crippen LogP contribution in [-0.2, 0) is 16.2 Å². The molecule has 1 aromatic carbocycles. The van der Waals surface area contributed by atoms with Crippen molar-refractivity contribution in [2.24, 2.45) is 0 Å². The average molecular weight is 455 g/mol. The number of hydrogen-bond acceptors (Lipinski definition) is 6. The largest absolute Gasteiger partial charge is 0.452 e. The van der Waals surface area contributed by atoms with Crippen LogP contribution in [0.25, 0.3) is 11.5 Å². The van der Waals surface area contributed by atoms with Crippen LogP contribution >= 0.6 is 0 Å². The fourth-order valence-electron chi connectivity index (χ4n) is 3.50. The van der Waals surface area contributed by atoms with Crippen molar-refractivity contribution >= 4 is 15.7 Å². The Kier molecular flexibility index (Phi) is 5.34. The monoisotopic (exact) mass is 455 g/mol. The van der Waals surface area contributed by atoms with Crippen LogP contribution in [0.2, 0.25) is 0 Å². The van der Waals surface area contributed by atoms with Crippen LogP contribution in [0.3, 0.4) is 0 Å². The maximum Gasteiger partial charge on any atom is 0.452 e. The number of aryl methyl sites for hydroxylation is 1. The predicted octanol–water partition coefficient (Wildman–Crippen LogP) is 4.08. The predicted molar refractivity (Wildman–Crippen MR) is 106 cm³/mol. The first-order valence-corrected chi connectivity index (χ1v) is 11.0. The highest BCUT2D eigenvalue weighted by Crippen LogP contribution is 2.33. The van der Waals surface area contributed by atoms with Crippen molar-refractivity contribution < 1.29 is 30.5 Å². The Labute approximate surface area is 177 Å². The minimum atomic E-state index is -4.69. The number of nitrogens with zero attached hydrogens (tertiary/aromatic N) is 3. The summed E-state index contributed by atoms with van der Waals surface area (Å²) in [6, 6.07) is 9.15. The number of rotatable bonds is 4. The van der Waals surface area contributed by atoms with Gasteiger partial charge in [0.1, 0.15) is 5.69 Å². The van der Waals surface area contributed by atoms with Crippen LogP contribution in [0.5, 0.6) is 0 Å². The maximum absolute atomic E-state index is 13.0. The molecule has 4 rings (SSSR count). The van der Waals surface area contributed by atoms with Crippen molar-refractivity contribution in [3.8, 4) is 11.5 Å². The number of anilines is 1. The molecule has 166 valence electrons. The summed E-state index contributed by atoms with van der Waals surface area (Å²) in [5.74, 6) is -1.40. The molecule has 2 aromatic heterocycles. The molecule has 7 nitrogen and oxygen atoms in total. The van der Waals surface area contributed by atoms with Gasteiger partial charge in [0.2, 0.25) is 10.9 Å². The molecule has 3 aromatic rings. The van der Waals surface area contributed by atoms with E-state index in [4.69, 9.17) is 4.42 Å². The lowest BCUT2D eigenvalue weighted by molar-refractivity contribution is -0.155. The molecule has 0 saturated carbocycles. The molecular formula is C20H20F3N3O4S. The standard InChI is InChI=1S/C20H20F3N3O4S/c1-13-4-3-5-16(14(13)2)25-8-10-26(11-9-25)31(27,28)19-7-6-17(29-19)15-12-18(30-24-15)20(21,22)23/h3-7,12H,8-11H2,1-2H3. The summed E-state index contributed by atoms with van der Waals surface area (Å²) in [6.45, 7) is 5.60. The Morgan fingerprint density at radius 1 is 1.03 bits per heavy atom. The number of piperazine rings is 1. The number of benzene rings is 1. The van der Waals surface area contributed by atoms with Gasteiger partial charge in [-0.15, -0.1) is 0 Å². The molecule has 11 heteroatoms. The van der Waals surface area contributed by atoms with E-state index in [9.17, 15) is 21.6 Å². The van der Waals surface area contributed by atoms with Crippen molar-refractivity contribution in [2.45, 2.75) is 25.1 Å². The van der Waals surface area contributed by atoms with Gasteiger partial charge in [-0.05, 0) is 43.2 Å². The maximum atomic E-state index is 13.0. The highest BCUT2D eigenvalue weighted by atomic mass is 32.2. The minimum Gasteiger partial charge on any atom is -0.441 e. The molecule has 3 heterocycles. The second-order valence-corrected chi connectivity index (χ2v) is 9.17. The molecule has 0 bridgehead atoms. The van der Waals surface area contributed by atoms with Gasteiger partial charge in [0.15, 0.2) is 5.76 Å². The van der Waals surface area contributed by atoms with Gasteiger partial charge in [0.05, 0.1) is 0 Å². The normalized spacial score (nSPS) is 16.1. The van der Waals surface area contributed by atoms with Crippen LogP contribution in [0.4, 0.5) is 18.9 Å². The summed E-state index contributed by atoms with van der Waals surface area (Å²) >= 11 is 0. The van der Waals surface area contributed by atoms with Gasteiger partial charge >= 0.3 is 6.18 Å². The number of furan rings is 1. The van der Waals surface area contributed by atoms with Gasteiger partial charge in [-0.1, -0.05) is 17.3 Å². The first-order valence-electron chi connectivity index (χ1n) is 9.53. The second kappa shape index (κ2) is 7.72. The van der Waals surface area contributed by atoms with Crippen molar-refractivity contribution in [3.05, 3.63) is 53.3 Å². The fraction of sp³-hybridized carbons (Fsp3) is 0.350. The zero-order valence-corrected chi connectivity index (χ0v) is 17.6. The Hall–Kier alpha value is -2.79. The van der Waals surface area contributed by atoms with Crippen molar-refractivity contribution in [1.29, 1.82) is 0 Å². The molecule has 0 spiro atoms. The fourth-order valence-corrected chi connectivity index (χ4v) is 4.83. The third-order valence-corrected chi connectivity index (χ3v) is 7.15. The molecule has 0 N–H and O–H groups in total. The topological polar surface area (TPSA) is 79.8 Å². The van der Waals surface area contributed by atoms with Crippen LogP contribution in [0.15, 0.2) is 50.4 Å². The molecule has 0 unspecified atom stereocenters. The number of aromatic nitrogens is 1. The van der Waals surface area contributed by atoms with Gasteiger partial charge in [-0.2, -0.15) is 17.5 Å². The molecule has 0 aliphatic carbocycles. The Morgan fingerprint density at radius 3 is 2.39 bits per heavy atom. The van der Waals surface area contributed by atoms with E-state index in [0.29, 0.717) is 19.2 Å². The van der Waals surface area contributed by atoms with Crippen LogP contribution in [0, 0.1) is 13.8 Å². The Balaban J connectivity index is 1.49. The van der Waals surface area contributed by atoms with Crippen LogP contribution in [-0.4, -0.2) is 44.1 Å². The van der Waals surface area contributed by atoms with Gasteiger partial charge in [-0.25, -0.2) is 8.42 Å². The molecule has 0 atom stereocenters. The van der Waals surface area contributed by atoms with Gasteiger partial charge in [0, 0.05) is 37.9 Å². The summed E-state index contributed by atoms with van der Waals surface area (Å²) < 4.78 is 74.9. The molecule has 1 fully saturated rings. The van der Waals surface area contributed by atoms with Crippen molar-refractivity contribution in [2.75, 3.05) is 31.1 Å². The highest BCUT2D eigenvalue weighted by molar-refractivity contribution is 7.89.